The molecule has 0 atom stereocenters. The minimum atomic E-state index is 0.619. The molecule has 0 bridgehead atoms. The van der Waals surface area contributed by atoms with Crippen LogP contribution < -0.4 is 10.1 Å². The van der Waals surface area contributed by atoms with Gasteiger partial charge >= 0.3 is 0 Å². The predicted molar refractivity (Wildman–Crippen MR) is 126 cm³/mol. The van der Waals surface area contributed by atoms with E-state index in [1.165, 1.54) is 10.3 Å². The molecule has 152 valence electrons. The molecule has 0 saturated carbocycles. The van der Waals surface area contributed by atoms with Crippen molar-refractivity contribution >= 4 is 27.5 Å². The van der Waals surface area contributed by atoms with Crippen LogP contribution in [0.15, 0.2) is 91.3 Å². The van der Waals surface area contributed by atoms with Gasteiger partial charge in [-0.2, -0.15) is 0 Å². The molecule has 2 aromatic heterocycles. The van der Waals surface area contributed by atoms with Gasteiger partial charge in [-0.15, -0.1) is 11.3 Å². The maximum atomic E-state index is 5.83. The molecule has 31 heavy (non-hydrogen) atoms. The zero-order valence-corrected chi connectivity index (χ0v) is 17.5. The maximum Gasteiger partial charge on any atom is 0.222 e. The second kappa shape index (κ2) is 8.93. The summed E-state index contributed by atoms with van der Waals surface area (Å²) < 4.78 is 7.00. The van der Waals surface area contributed by atoms with Gasteiger partial charge in [0.05, 0.1) is 10.2 Å². The van der Waals surface area contributed by atoms with Crippen LogP contribution in [0.3, 0.4) is 0 Å². The number of benzene rings is 3. The van der Waals surface area contributed by atoms with Crippen LogP contribution in [0.2, 0.25) is 0 Å². The van der Waals surface area contributed by atoms with Crippen LogP contribution in [0.1, 0.15) is 5.56 Å². The van der Waals surface area contributed by atoms with Crippen molar-refractivity contribution in [1.82, 2.24) is 15.0 Å². The highest BCUT2D eigenvalue weighted by Gasteiger charge is 2.07. The van der Waals surface area contributed by atoms with Crippen molar-refractivity contribution in [2.45, 2.75) is 6.42 Å². The van der Waals surface area contributed by atoms with Crippen LogP contribution in [-0.4, -0.2) is 21.5 Å². The van der Waals surface area contributed by atoms with E-state index < -0.39 is 0 Å². The highest BCUT2D eigenvalue weighted by molar-refractivity contribution is 7.21. The van der Waals surface area contributed by atoms with Gasteiger partial charge in [0.1, 0.15) is 16.5 Å². The van der Waals surface area contributed by atoms with Crippen LogP contribution in [0, 0.1) is 0 Å². The highest BCUT2D eigenvalue weighted by Crippen LogP contribution is 2.29. The molecule has 5 aromatic rings. The van der Waals surface area contributed by atoms with Gasteiger partial charge in [0.25, 0.3) is 0 Å². The summed E-state index contributed by atoms with van der Waals surface area (Å²) in [5, 5.41) is 4.22. The third kappa shape index (κ3) is 4.70. The second-order valence-electron chi connectivity index (χ2n) is 7.02. The minimum absolute atomic E-state index is 0.619. The lowest BCUT2D eigenvalue weighted by atomic mass is 10.1. The maximum absolute atomic E-state index is 5.83. The molecule has 0 aliphatic carbocycles. The third-order valence-electron chi connectivity index (χ3n) is 4.79. The molecule has 1 N–H and O–H groups in total. The molecule has 0 amide bonds. The van der Waals surface area contributed by atoms with Crippen LogP contribution in [0.4, 0.5) is 5.95 Å². The number of anilines is 1. The number of nitrogens with one attached hydrogen (secondary N) is 1. The highest BCUT2D eigenvalue weighted by atomic mass is 32.1. The molecular formula is C25H20N4OS. The molecule has 5 nitrogen and oxygen atoms in total. The first kappa shape index (κ1) is 19.2. The first-order valence-corrected chi connectivity index (χ1v) is 10.9. The summed E-state index contributed by atoms with van der Waals surface area (Å²) in [6.45, 7) is 0.749. The first-order chi connectivity index (χ1) is 15.3. The molecule has 2 heterocycles. The molecule has 0 aliphatic heterocycles. The summed E-state index contributed by atoms with van der Waals surface area (Å²) in [5.74, 6) is 2.29. The van der Waals surface area contributed by atoms with Crippen LogP contribution >= 0.6 is 11.3 Å². The van der Waals surface area contributed by atoms with Gasteiger partial charge in [-0.05, 0) is 48.4 Å². The molecule has 0 spiro atoms. The van der Waals surface area contributed by atoms with Gasteiger partial charge in [0.15, 0.2) is 0 Å². The average molecular weight is 425 g/mol. The number of aromatic nitrogens is 3. The average Bonchev–Trinajstić information content (AvgIpc) is 3.26. The lowest BCUT2D eigenvalue weighted by Crippen LogP contribution is -2.07. The van der Waals surface area contributed by atoms with Crippen molar-refractivity contribution in [2.24, 2.45) is 0 Å². The molecule has 0 aliphatic rings. The SMILES string of the molecule is c1ccc(Oc2ccc(CCNc3ncc(-c4nc5ccccc5s4)cn3)cc2)cc1. The molecule has 0 radical (unpaired) electrons. The van der Waals surface area contributed by atoms with E-state index in [-0.39, 0.29) is 0 Å². The van der Waals surface area contributed by atoms with Gasteiger partial charge in [-0.3, -0.25) is 0 Å². The summed E-state index contributed by atoms with van der Waals surface area (Å²) in [6.07, 6.45) is 4.51. The molecule has 6 heteroatoms. The monoisotopic (exact) mass is 424 g/mol. The van der Waals surface area contributed by atoms with Gasteiger partial charge < -0.3 is 10.1 Å². The Kier molecular flexibility index (Phi) is 5.54. The quantitative estimate of drug-likeness (QED) is 0.337. The molecular weight excluding hydrogens is 404 g/mol. The van der Waals surface area contributed by atoms with E-state index in [0.29, 0.717) is 5.95 Å². The van der Waals surface area contributed by atoms with Gasteiger partial charge in [-0.25, -0.2) is 15.0 Å². The molecule has 3 aromatic carbocycles. The lowest BCUT2D eigenvalue weighted by Gasteiger charge is -2.08. The standard InChI is InChI=1S/C25H20N4OS/c1-2-6-20(7-3-1)30-21-12-10-18(11-13-21)14-15-26-25-27-16-19(17-28-25)24-29-22-8-4-5-9-23(22)31-24/h1-13,16-17H,14-15H2,(H,26,27,28). The molecule has 0 fully saturated rings. The van der Waals surface area contributed by atoms with Crippen molar-refractivity contribution in [2.75, 3.05) is 11.9 Å². The molecule has 0 saturated heterocycles. The zero-order chi connectivity index (χ0) is 20.9. The summed E-state index contributed by atoms with van der Waals surface area (Å²) in [7, 11) is 0. The van der Waals surface area contributed by atoms with Crippen molar-refractivity contribution in [3.63, 3.8) is 0 Å². The number of thiazole rings is 1. The summed E-state index contributed by atoms with van der Waals surface area (Å²) >= 11 is 1.65. The number of hydrogen-bond acceptors (Lipinski definition) is 6. The van der Waals surface area contributed by atoms with Crippen LogP contribution in [0.25, 0.3) is 20.8 Å². The Morgan fingerprint density at radius 3 is 2.26 bits per heavy atom. The largest absolute Gasteiger partial charge is 0.457 e. The van der Waals surface area contributed by atoms with Crippen molar-refractivity contribution in [3.8, 4) is 22.1 Å². The van der Waals surface area contributed by atoms with E-state index in [0.717, 1.165) is 40.6 Å². The van der Waals surface area contributed by atoms with E-state index in [2.05, 4.69) is 38.5 Å². The zero-order valence-electron chi connectivity index (χ0n) is 16.7. The van der Waals surface area contributed by atoms with Gasteiger partial charge in [0.2, 0.25) is 5.95 Å². The Morgan fingerprint density at radius 1 is 0.774 bits per heavy atom. The fraction of sp³-hybridized carbons (Fsp3) is 0.0800. The normalized spacial score (nSPS) is 10.8. The number of rotatable bonds is 7. The molecule has 0 unspecified atom stereocenters. The Bertz CT molecular complexity index is 1240. The smallest absolute Gasteiger partial charge is 0.222 e. The van der Waals surface area contributed by atoms with Crippen molar-refractivity contribution in [1.29, 1.82) is 0 Å². The van der Waals surface area contributed by atoms with E-state index >= 15 is 0 Å². The van der Waals surface area contributed by atoms with Crippen molar-refractivity contribution < 1.29 is 4.74 Å². The predicted octanol–water partition coefficient (Wildman–Crippen LogP) is 6.20. The minimum Gasteiger partial charge on any atom is -0.457 e. The topological polar surface area (TPSA) is 59.9 Å². The molecule has 5 rings (SSSR count). The summed E-state index contributed by atoms with van der Waals surface area (Å²) in [5.41, 5.74) is 3.16. The van der Waals surface area contributed by atoms with Gasteiger partial charge in [-0.1, -0.05) is 42.5 Å². The Labute approximate surface area is 184 Å². The lowest BCUT2D eigenvalue weighted by molar-refractivity contribution is 0.482. The summed E-state index contributed by atoms with van der Waals surface area (Å²) in [6, 6.07) is 26.1. The van der Waals surface area contributed by atoms with Crippen LogP contribution in [0.5, 0.6) is 11.5 Å². The Morgan fingerprint density at radius 2 is 1.48 bits per heavy atom. The number of hydrogen-bond donors (Lipinski definition) is 1. The fourth-order valence-electron chi connectivity index (χ4n) is 3.19. The van der Waals surface area contributed by atoms with E-state index in [9.17, 15) is 0 Å². The Balaban J connectivity index is 1.15. The first-order valence-electron chi connectivity index (χ1n) is 10.1. The van der Waals surface area contributed by atoms with E-state index in [1.54, 1.807) is 11.3 Å². The fourth-order valence-corrected chi connectivity index (χ4v) is 4.13. The second-order valence-corrected chi connectivity index (χ2v) is 8.05. The number of fused-ring (bicyclic) bond motifs is 1. The third-order valence-corrected chi connectivity index (χ3v) is 5.88. The number of ether oxygens (including phenoxy) is 1. The van der Waals surface area contributed by atoms with Gasteiger partial charge in [0, 0.05) is 24.5 Å². The number of nitrogens with zero attached hydrogens (tertiary/aromatic N) is 3. The van der Waals surface area contributed by atoms with E-state index in [1.807, 2.05) is 73.1 Å². The Hall–Kier alpha value is -3.77. The number of para-hydroxylation sites is 2. The van der Waals surface area contributed by atoms with Crippen molar-refractivity contribution in [3.05, 3.63) is 96.8 Å². The van der Waals surface area contributed by atoms with E-state index in [4.69, 9.17) is 4.74 Å². The summed E-state index contributed by atoms with van der Waals surface area (Å²) in [4.78, 5) is 13.5. The van der Waals surface area contributed by atoms with Crippen LogP contribution in [-0.2, 0) is 6.42 Å².